The average molecular weight is 157 g/mol. The summed E-state index contributed by atoms with van der Waals surface area (Å²) in [6.45, 7) is 0. The van der Waals surface area contributed by atoms with Crippen LogP contribution in [0.3, 0.4) is 0 Å². The van der Waals surface area contributed by atoms with Crippen LogP contribution >= 0.6 is 11.6 Å². The smallest absolute Gasteiger partial charge is 0.0937 e. The molecule has 2 unspecified atom stereocenters. The number of alkyl halides is 1. The predicted molar refractivity (Wildman–Crippen MR) is 40.3 cm³/mol. The number of hydrogen-bond donors (Lipinski definition) is 0. The molecular formula is C8H9ClO. The molecule has 2 atom stereocenters. The Kier molecular flexibility index (Phi) is 1.46. The highest BCUT2D eigenvalue weighted by Gasteiger charge is 2.37. The van der Waals surface area contributed by atoms with Crippen LogP contribution in [0.4, 0.5) is 0 Å². The maximum Gasteiger partial charge on any atom is 0.0937 e. The fraction of sp³-hybridized carbons (Fsp3) is 0.500. The van der Waals surface area contributed by atoms with Crippen molar-refractivity contribution in [2.45, 2.75) is 12.3 Å². The Bertz CT molecular complexity index is 205. The molecule has 54 valence electrons. The molecule has 1 nitrogen and oxygen atoms in total. The second-order valence-corrected chi connectivity index (χ2v) is 3.12. The van der Waals surface area contributed by atoms with Gasteiger partial charge in [-0.1, -0.05) is 0 Å². The van der Waals surface area contributed by atoms with Crippen LogP contribution in [0.5, 0.6) is 0 Å². The topological polar surface area (TPSA) is 13.1 Å². The predicted octanol–water partition coefficient (Wildman–Crippen LogP) is 2.62. The summed E-state index contributed by atoms with van der Waals surface area (Å²) in [6, 6.07) is 2.03. The quantitative estimate of drug-likeness (QED) is 0.600. The lowest BCUT2D eigenvalue weighted by molar-refractivity contribution is 0.563. The molecule has 2 rings (SSSR count). The van der Waals surface area contributed by atoms with Gasteiger partial charge in [-0.25, -0.2) is 0 Å². The van der Waals surface area contributed by atoms with Gasteiger partial charge in [-0.15, -0.1) is 11.6 Å². The maximum absolute atomic E-state index is 5.68. The van der Waals surface area contributed by atoms with Crippen LogP contribution in [0.1, 0.15) is 17.9 Å². The van der Waals surface area contributed by atoms with Gasteiger partial charge in [-0.3, -0.25) is 0 Å². The molecule has 1 fully saturated rings. The van der Waals surface area contributed by atoms with Gasteiger partial charge in [-0.2, -0.15) is 0 Å². The van der Waals surface area contributed by atoms with Crippen molar-refractivity contribution < 1.29 is 4.42 Å². The summed E-state index contributed by atoms with van der Waals surface area (Å²) in [5, 5.41) is 0. The van der Waals surface area contributed by atoms with E-state index in [2.05, 4.69) is 0 Å². The normalized spacial score (nSPS) is 30.5. The molecule has 1 aromatic rings. The number of hydrogen-bond acceptors (Lipinski definition) is 1. The lowest BCUT2D eigenvalue weighted by Crippen LogP contribution is -1.80. The molecule has 1 heterocycles. The van der Waals surface area contributed by atoms with E-state index in [1.165, 1.54) is 12.0 Å². The van der Waals surface area contributed by atoms with Gasteiger partial charge in [0.15, 0.2) is 0 Å². The Morgan fingerprint density at radius 2 is 2.60 bits per heavy atom. The lowest BCUT2D eigenvalue weighted by Gasteiger charge is -1.87. The highest BCUT2D eigenvalue weighted by atomic mass is 35.5. The minimum absolute atomic E-state index is 0.691. The standard InChI is InChI=1S/C8H9ClO/c9-4-7-3-8(7)6-1-2-10-5-6/h1-2,5,7-8H,3-4H2. The van der Waals surface area contributed by atoms with Gasteiger partial charge in [0.1, 0.15) is 0 Å². The van der Waals surface area contributed by atoms with E-state index in [4.69, 9.17) is 16.0 Å². The summed E-state index contributed by atoms with van der Waals surface area (Å²) >= 11 is 5.68. The fourth-order valence-corrected chi connectivity index (χ4v) is 1.65. The molecule has 1 aliphatic carbocycles. The Balaban J connectivity index is 2.05. The first-order chi connectivity index (χ1) is 4.92. The van der Waals surface area contributed by atoms with Gasteiger partial charge in [0.25, 0.3) is 0 Å². The highest BCUT2D eigenvalue weighted by molar-refractivity contribution is 6.18. The maximum atomic E-state index is 5.68. The van der Waals surface area contributed by atoms with Crippen molar-refractivity contribution in [3.05, 3.63) is 24.2 Å². The third-order valence-electron chi connectivity index (χ3n) is 2.09. The van der Waals surface area contributed by atoms with Crippen LogP contribution in [-0.4, -0.2) is 5.88 Å². The summed E-state index contributed by atoms with van der Waals surface area (Å²) in [6.07, 6.45) is 4.78. The Labute approximate surface area is 65.0 Å². The van der Waals surface area contributed by atoms with Gasteiger partial charge in [0.2, 0.25) is 0 Å². The van der Waals surface area contributed by atoms with Gasteiger partial charge >= 0.3 is 0 Å². The van der Waals surface area contributed by atoms with Crippen LogP contribution in [-0.2, 0) is 0 Å². The molecular weight excluding hydrogens is 148 g/mol. The van der Waals surface area contributed by atoms with Crippen molar-refractivity contribution in [1.82, 2.24) is 0 Å². The minimum atomic E-state index is 0.691. The zero-order chi connectivity index (χ0) is 6.97. The lowest BCUT2D eigenvalue weighted by atomic mass is 10.2. The molecule has 0 aliphatic heterocycles. The van der Waals surface area contributed by atoms with Gasteiger partial charge in [0, 0.05) is 5.88 Å². The number of halogens is 1. The van der Waals surface area contributed by atoms with E-state index >= 15 is 0 Å². The van der Waals surface area contributed by atoms with Crippen molar-refractivity contribution in [1.29, 1.82) is 0 Å². The van der Waals surface area contributed by atoms with Crippen LogP contribution in [0.2, 0.25) is 0 Å². The molecule has 0 spiro atoms. The summed E-state index contributed by atoms with van der Waals surface area (Å²) in [5.41, 5.74) is 1.31. The first-order valence-corrected chi connectivity index (χ1v) is 4.03. The van der Waals surface area contributed by atoms with Crippen molar-refractivity contribution in [3.8, 4) is 0 Å². The SMILES string of the molecule is ClCC1CC1c1ccoc1. The van der Waals surface area contributed by atoms with Crippen molar-refractivity contribution in [2.75, 3.05) is 5.88 Å². The van der Waals surface area contributed by atoms with E-state index in [1.54, 1.807) is 6.26 Å². The van der Waals surface area contributed by atoms with Crippen LogP contribution < -0.4 is 0 Å². The van der Waals surface area contributed by atoms with Gasteiger partial charge in [0.05, 0.1) is 12.5 Å². The third-order valence-corrected chi connectivity index (χ3v) is 2.49. The largest absolute Gasteiger partial charge is 0.472 e. The second kappa shape index (κ2) is 2.31. The molecule has 0 aromatic carbocycles. The summed E-state index contributed by atoms with van der Waals surface area (Å²) in [4.78, 5) is 0. The fourth-order valence-electron chi connectivity index (χ4n) is 1.31. The Morgan fingerprint density at radius 3 is 3.10 bits per heavy atom. The molecule has 0 N–H and O–H groups in total. The molecule has 10 heavy (non-hydrogen) atoms. The molecule has 2 heteroatoms. The number of furan rings is 1. The average Bonchev–Trinajstić information content (AvgIpc) is 2.56. The summed E-state index contributed by atoms with van der Waals surface area (Å²) in [7, 11) is 0. The molecule has 0 amide bonds. The molecule has 1 aromatic heterocycles. The van der Waals surface area contributed by atoms with Crippen LogP contribution in [0.25, 0.3) is 0 Å². The van der Waals surface area contributed by atoms with E-state index in [1.807, 2.05) is 12.3 Å². The second-order valence-electron chi connectivity index (χ2n) is 2.81. The molecule has 0 radical (unpaired) electrons. The monoisotopic (exact) mass is 156 g/mol. The molecule has 0 saturated heterocycles. The van der Waals surface area contributed by atoms with Gasteiger partial charge < -0.3 is 4.42 Å². The molecule has 1 saturated carbocycles. The van der Waals surface area contributed by atoms with E-state index in [-0.39, 0.29) is 0 Å². The van der Waals surface area contributed by atoms with Crippen molar-refractivity contribution in [3.63, 3.8) is 0 Å². The molecule has 1 aliphatic rings. The molecule has 0 bridgehead atoms. The van der Waals surface area contributed by atoms with E-state index in [9.17, 15) is 0 Å². The van der Waals surface area contributed by atoms with Crippen LogP contribution in [0, 0.1) is 5.92 Å². The zero-order valence-corrected chi connectivity index (χ0v) is 6.34. The van der Waals surface area contributed by atoms with Crippen LogP contribution in [0.15, 0.2) is 23.0 Å². The van der Waals surface area contributed by atoms with Gasteiger partial charge in [-0.05, 0) is 29.9 Å². The van der Waals surface area contributed by atoms with Crippen molar-refractivity contribution >= 4 is 11.6 Å². The van der Waals surface area contributed by atoms with E-state index < -0.39 is 0 Å². The Hall–Kier alpha value is -0.430. The minimum Gasteiger partial charge on any atom is -0.472 e. The number of rotatable bonds is 2. The van der Waals surface area contributed by atoms with Crippen molar-refractivity contribution in [2.24, 2.45) is 5.92 Å². The highest BCUT2D eigenvalue weighted by Crippen LogP contribution is 2.47. The third kappa shape index (κ3) is 0.948. The van der Waals surface area contributed by atoms with E-state index in [0.29, 0.717) is 11.8 Å². The summed E-state index contributed by atoms with van der Waals surface area (Å²) in [5.74, 6) is 2.19. The zero-order valence-electron chi connectivity index (χ0n) is 5.59. The Morgan fingerprint density at radius 1 is 1.70 bits per heavy atom. The van der Waals surface area contributed by atoms with E-state index in [0.717, 1.165) is 5.88 Å². The first-order valence-electron chi connectivity index (χ1n) is 3.50. The summed E-state index contributed by atoms with van der Waals surface area (Å²) < 4.78 is 4.97. The first kappa shape index (κ1) is 6.29.